The van der Waals surface area contributed by atoms with E-state index in [0.29, 0.717) is 29.7 Å². The first-order valence-electron chi connectivity index (χ1n) is 9.32. The molecule has 1 N–H and O–H groups in total. The van der Waals surface area contributed by atoms with Gasteiger partial charge in [0, 0.05) is 19.7 Å². The lowest BCUT2D eigenvalue weighted by Crippen LogP contribution is -2.24. The second kappa shape index (κ2) is 10.2. The number of pyridine rings is 1. The van der Waals surface area contributed by atoms with E-state index in [1.54, 1.807) is 39.3 Å². The van der Waals surface area contributed by atoms with E-state index in [1.807, 2.05) is 30.3 Å². The van der Waals surface area contributed by atoms with Crippen LogP contribution >= 0.6 is 0 Å². The summed E-state index contributed by atoms with van der Waals surface area (Å²) in [5, 5.41) is 18.5. The number of methoxy groups -OCH3 is 1. The van der Waals surface area contributed by atoms with Gasteiger partial charge in [-0.2, -0.15) is 0 Å². The summed E-state index contributed by atoms with van der Waals surface area (Å²) < 4.78 is 6.52. The highest BCUT2D eigenvalue weighted by molar-refractivity contribution is 6.10. The Morgan fingerprint density at radius 2 is 2.00 bits per heavy atom. The fourth-order valence-corrected chi connectivity index (χ4v) is 2.62. The SMILES string of the molecule is COCC(C)C(=O)Nc1cccc(CO/N=C(/c2ccccc2)c2nnnn2C)n1. The normalized spacial score (nSPS) is 12.4. The summed E-state index contributed by atoms with van der Waals surface area (Å²) in [6.07, 6.45) is 0. The van der Waals surface area contributed by atoms with Crippen molar-refractivity contribution < 1.29 is 14.4 Å². The van der Waals surface area contributed by atoms with Crippen molar-refractivity contribution in [3.8, 4) is 0 Å². The number of benzene rings is 1. The number of aryl methyl sites for hydroxylation is 1. The summed E-state index contributed by atoms with van der Waals surface area (Å²) in [4.78, 5) is 22.1. The highest BCUT2D eigenvalue weighted by Gasteiger charge is 2.15. The first-order valence-corrected chi connectivity index (χ1v) is 9.32. The van der Waals surface area contributed by atoms with Crippen LogP contribution in [0, 0.1) is 5.92 Å². The van der Waals surface area contributed by atoms with Gasteiger partial charge in [-0.3, -0.25) is 4.79 Å². The standard InChI is InChI=1S/C20H23N7O3/c1-14(12-29-3)20(28)22-17-11-7-10-16(21-17)13-30-24-18(15-8-5-4-6-9-15)19-23-25-26-27(19)2/h4-11,14H,12-13H2,1-3H3,(H,21,22,28)/b24-18-. The molecule has 10 heteroatoms. The Morgan fingerprint density at radius 1 is 1.20 bits per heavy atom. The zero-order valence-electron chi connectivity index (χ0n) is 17.0. The van der Waals surface area contributed by atoms with E-state index in [4.69, 9.17) is 9.57 Å². The van der Waals surface area contributed by atoms with Gasteiger partial charge in [0.2, 0.25) is 11.7 Å². The van der Waals surface area contributed by atoms with Gasteiger partial charge in [-0.15, -0.1) is 5.10 Å². The van der Waals surface area contributed by atoms with Gasteiger partial charge in [-0.25, -0.2) is 9.67 Å². The van der Waals surface area contributed by atoms with Crippen LogP contribution in [0.2, 0.25) is 0 Å². The maximum atomic E-state index is 12.1. The number of aromatic nitrogens is 5. The van der Waals surface area contributed by atoms with Crippen molar-refractivity contribution in [2.45, 2.75) is 13.5 Å². The topological polar surface area (TPSA) is 116 Å². The van der Waals surface area contributed by atoms with Crippen molar-refractivity contribution in [3.63, 3.8) is 0 Å². The molecule has 0 bridgehead atoms. The average Bonchev–Trinajstić information content (AvgIpc) is 3.18. The van der Waals surface area contributed by atoms with Gasteiger partial charge >= 0.3 is 0 Å². The monoisotopic (exact) mass is 409 g/mol. The van der Waals surface area contributed by atoms with E-state index >= 15 is 0 Å². The van der Waals surface area contributed by atoms with Crippen LogP contribution in [0.15, 0.2) is 53.7 Å². The van der Waals surface area contributed by atoms with E-state index in [0.717, 1.165) is 5.56 Å². The Kier molecular flexibility index (Phi) is 7.17. The second-order valence-electron chi connectivity index (χ2n) is 6.57. The number of anilines is 1. The van der Waals surface area contributed by atoms with Crippen LogP contribution in [-0.4, -0.2) is 50.5 Å². The molecule has 0 aliphatic rings. The number of amides is 1. The first-order chi connectivity index (χ1) is 14.6. The molecular weight excluding hydrogens is 386 g/mol. The van der Waals surface area contributed by atoms with Gasteiger partial charge in [-0.05, 0) is 22.6 Å². The zero-order chi connectivity index (χ0) is 21.3. The molecule has 1 unspecified atom stereocenters. The summed E-state index contributed by atoms with van der Waals surface area (Å²) in [5.74, 6) is 0.465. The van der Waals surface area contributed by atoms with E-state index in [1.165, 1.54) is 4.68 Å². The summed E-state index contributed by atoms with van der Waals surface area (Å²) in [5.41, 5.74) is 1.93. The minimum absolute atomic E-state index is 0.110. The number of carbonyl (C=O) groups is 1. The van der Waals surface area contributed by atoms with E-state index in [2.05, 4.69) is 31.0 Å². The van der Waals surface area contributed by atoms with E-state index in [9.17, 15) is 4.79 Å². The Morgan fingerprint density at radius 3 is 2.70 bits per heavy atom. The number of ether oxygens (including phenoxy) is 1. The largest absolute Gasteiger partial charge is 0.389 e. The summed E-state index contributed by atoms with van der Waals surface area (Å²) in [6.45, 7) is 2.23. The Bertz CT molecular complexity index is 1000. The van der Waals surface area contributed by atoms with Crippen molar-refractivity contribution >= 4 is 17.4 Å². The lowest BCUT2D eigenvalue weighted by molar-refractivity contribution is -0.120. The molecule has 0 saturated carbocycles. The molecule has 156 valence electrons. The highest BCUT2D eigenvalue weighted by atomic mass is 16.6. The number of nitrogens with zero attached hydrogens (tertiary/aromatic N) is 6. The van der Waals surface area contributed by atoms with Crippen LogP contribution < -0.4 is 5.32 Å². The molecule has 2 heterocycles. The lowest BCUT2D eigenvalue weighted by Gasteiger charge is -2.11. The molecule has 10 nitrogen and oxygen atoms in total. The predicted molar refractivity (Wildman–Crippen MR) is 110 cm³/mol. The first kappa shape index (κ1) is 21.1. The van der Waals surface area contributed by atoms with E-state index in [-0.39, 0.29) is 18.4 Å². The summed E-state index contributed by atoms with van der Waals surface area (Å²) in [6, 6.07) is 14.8. The smallest absolute Gasteiger partial charge is 0.230 e. The molecule has 1 amide bonds. The number of tetrazole rings is 1. The zero-order valence-corrected chi connectivity index (χ0v) is 17.0. The van der Waals surface area contributed by atoms with Crippen molar-refractivity contribution in [2.24, 2.45) is 18.1 Å². The van der Waals surface area contributed by atoms with Crippen LogP contribution in [0.25, 0.3) is 0 Å². The fourth-order valence-electron chi connectivity index (χ4n) is 2.62. The number of carbonyl (C=O) groups excluding carboxylic acids is 1. The van der Waals surface area contributed by atoms with Gasteiger partial charge in [0.25, 0.3) is 0 Å². The molecule has 2 aromatic heterocycles. The number of oxime groups is 1. The Hall–Kier alpha value is -3.66. The Balaban J connectivity index is 1.71. The third-order valence-electron chi connectivity index (χ3n) is 4.17. The number of hydrogen-bond donors (Lipinski definition) is 1. The summed E-state index contributed by atoms with van der Waals surface area (Å²) >= 11 is 0. The molecule has 0 aliphatic heterocycles. The van der Waals surface area contributed by atoms with Crippen molar-refractivity contribution in [1.82, 2.24) is 25.2 Å². The molecule has 0 aliphatic carbocycles. The minimum Gasteiger partial charge on any atom is -0.389 e. The molecule has 3 rings (SSSR count). The molecule has 1 aromatic carbocycles. The number of rotatable bonds is 9. The molecule has 0 fully saturated rings. The predicted octanol–water partition coefficient (Wildman–Crippen LogP) is 1.80. The van der Waals surface area contributed by atoms with Gasteiger partial charge in [0.15, 0.2) is 12.3 Å². The Labute approximate surface area is 173 Å². The molecule has 0 radical (unpaired) electrons. The number of hydrogen-bond acceptors (Lipinski definition) is 8. The van der Waals surface area contributed by atoms with Crippen LogP contribution in [-0.2, 0) is 28.0 Å². The molecular formula is C20H23N7O3. The van der Waals surface area contributed by atoms with E-state index < -0.39 is 0 Å². The third-order valence-corrected chi connectivity index (χ3v) is 4.17. The molecule has 30 heavy (non-hydrogen) atoms. The van der Waals surface area contributed by atoms with Crippen molar-refractivity contribution in [2.75, 3.05) is 19.0 Å². The van der Waals surface area contributed by atoms with Crippen LogP contribution in [0.1, 0.15) is 24.0 Å². The van der Waals surface area contributed by atoms with Gasteiger partial charge < -0.3 is 14.9 Å². The quantitative estimate of drug-likeness (QED) is 0.423. The van der Waals surface area contributed by atoms with Gasteiger partial charge in [0.1, 0.15) is 5.82 Å². The second-order valence-corrected chi connectivity index (χ2v) is 6.57. The average molecular weight is 409 g/mol. The van der Waals surface area contributed by atoms with Crippen molar-refractivity contribution in [3.05, 3.63) is 65.6 Å². The molecule has 1 atom stereocenters. The maximum Gasteiger partial charge on any atom is 0.230 e. The van der Waals surface area contributed by atoms with Crippen molar-refractivity contribution in [1.29, 1.82) is 0 Å². The van der Waals surface area contributed by atoms with Crippen LogP contribution in [0.4, 0.5) is 5.82 Å². The third kappa shape index (κ3) is 5.45. The fraction of sp³-hybridized carbons (Fsp3) is 0.300. The van der Waals surface area contributed by atoms with Crippen LogP contribution in [0.5, 0.6) is 0 Å². The molecule has 3 aromatic rings. The highest BCUT2D eigenvalue weighted by Crippen LogP contribution is 2.11. The van der Waals surface area contributed by atoms with Crippen LogP contribution in [0.3, 0.4) is 0 Å². The van der Waals surface area contributed by atoms with Gasteiger partial charge in [0.05, 0.1) is 18.2 Å². The maximum absolute atomic E-state index is 12.1. The minimum atomic E-state index is -0.283. The molecule has 0 spiro atoms. The number of nitrogens with one attached hydrogen (secondary N) is 1. The lowest BCUT2D eigenvalue weighted by atomic mass is 10.1. The molecule has 0 saturated heterocycles. The van der Waals surface area contributed by atoms with Gasteiger partial charge in [-0.1, -0.05) is 48.5 Å². The summed E-state index contributed by atoms with van der Waals surface area (Å²) in [7, 11) is 3.29.